The topological polar surface area (TPSA) is 51.1 Å². The first-order chi connectivity index (χ1) is 15.2. The fraction of sp³-hybridized carbons (Fsp3) is 0.200. The minimum Gasteiger partial charge on any atom is -0.496 e. The number of ether oxygens (including phenoxy) is 2. The van der Waals surface area contributed by atoms with Gasteiger partial charge in [-0.3, -0.25) is 9.69 Å². The van der Waals surface area contributed by atoms with E-state index in [9.17, 15) is 4.79 Å². The van der Waals surface area contributed by atoms with Crippen LogP contribution in [0.3, 0.4) is 0 Å². The number of nitrogens with zero attached hydrogens (tertiary/aromatic N) is 2. The van der Waals surface area contributed by atoms with E-state index in [0.29, 0.717) is 29.8 Å². The summed E-state index contributed by atoms with van der Waals surface area (Å²) in [6.45, 7) is 3.46. The van der Waals surface area contributed by atoms with Gasteiger partial charge in [-0.1, -0.05) is 48.5 Å². The van der Waals surface area contributed by atoms with Gasteiger partial charge in [0.15, 0.2) is 5.17 Å². The Bertz CT molecular complexity index is 1140. The molecule has 1 aliphatic heterocycles. The summed E-state index contributed by atoms with van der Waals surface area (Å²) < 4.78 is 11.1. The molecule has 31 heavy (non-hydrogen) atoms. The molecular weight excluding hydrogens is 408 g/mol. The second-order valence-electron chi connectivity index (χ2n) is 6.90. The van der Waals surface area contributed by atoms with Gasteiger partial charge in [0.05, 0.1) is 30.9 Å². The summed E-state index contributed by atoms with van der Waals surface area (Å²) in [4.78, 5) is 20.3. The Hall–Kier alpha value is -3.09. The summed E-state index contributed by atoms with van der Waals surface area (Å²) in [5.41, 5.74) is 1.70. The van der Waals surface area contributed by atoms with E-state index in [1.807, 2.05) is 73.7 Å². The summed E-state index contributed by atoms with van der Waals surface area (Å²) in [6, 6.07) is 21.7. The fourth-order valence-corrected chi connectivity index (χ4v) is 4.44. The Morgan fingerprint density at radius 3 is 2.58 bits per heavy atom. The minimum absolute atomic E-state index is 0.0747. The van der Waals surface area contributed by atoms with E-state index in [1.54, 1.807) is 12.0 Å². The number of aliphatic imine (C=N–C) groups is 1. The third-order valence-corrected chi connectivity index (χ3v) is 5.97. The van der Waals surface area contributed by atoms with Crippen LogP contribution in [0.15, 0.2) is 76.6 Å². The first-order valence-electron chi connectivity index (χ1n) is 10.2. The van der Waals surface area contributed by atoms with E-state index in [4.69, 9.17) is 14.5 Å². The quantitative estimate of drug-likeness (QED) is 0.366. The SMILES string of the molecule is CCOCCN1C(=O)/C(=C/c2c(OC)ccc3ccccc23)SC1=Nc1ccccc1. The Kier molecular flexibility index (Phi) is 6.70. The number of thioether (sulfide) groups is 1. The maximum atomic E-state index is 13.3. The highest BCUT2D eigenvalue weighted by Crippen LogP contribution is 2.37. The van der Waals surface area contributed by atoms with E-state index < -0.39 is 0 Å². The molecule has 3 aromatic carbocycles. The first-order valence-corrected chi connectivity index (χ1v) is 11.0. The zero-order valence-electron chi connectivity index (χ0n) is 17.6. The number of fused-ring (bicyclic) bond motifs is 1. The minimum atomic E-state index is -0.0747. The Balaban J connectivity index is 1.75. The van der Waals surface area contributed by atoms with Crippen LogP contribution in [0.2, 0.25) is 0 Å². The highest BCUT2D eigenvalue weighted by atomic mass is 32.2. The van der Waals surface area contributed by atoms with Crippen LogP contribution in [0.25, 0.3) is 16.8 Å². The molecule has 0 N–H and O–H groups in total. The van der Waals surface area contributed by atoms with Gasteiger partial charge in [-0.15, -0.1) is 0 Å². The van der Waals surface area contributed by atoms with Crippen LogP contribution in [0.5, 0.6) is 5.75 Å². The zero-order chi connectivity index (χ0) is 21.6. The van der Waals surface area contributed by atoms with Crippen molar-refractivity contribution < 1.29 is 14.3 Å². The molecule has 1 heterocycles. The number of para-hydroxylation sites is 1. The van der Waals surface area contributed by atoms with Gasteiger partial charge in [-0.2, -0.15) is 0 Å². The molecule has 0 aliphatic carbocycles. The van der Waals surface area contributed by atoms with Gasteiger partial charge >= 0.3 is 0 Å². The molecule has 0 bridgehead atoms. The predicted octanol–water partition coefficient (Wildman–Crippen LogP) is 5.49. The van der Waals surface area contributed by atoms with E-state index in [0.717, 1.165) is 27.8 Å². The number of amides is 1. The lowest BCUT2D eigenvalue weighted by atomic mass is 10.0. The molecule has 1 aliphatic rings. The largest absolute Gasteiger partial charge is 0.496 e. The third kappa shape index (κ3) is 4.65. The molecule has 0 aromatic heterocycles. The number of carbonyl (C=O) groups excluding carboxylic acids is 1. The number of amidine groups is 1. The molecule has 4 rings (SSSR count). The molecule has 1 saturated heterocycles. The molecule has 3 aromatic rings. The predicted molar refractivity (Wildman–Crippen MR) is 128 cm³/mol. The second-order valence-corrected chi connectivity index (χ2v) is 7.91. The molecule has 5 nitrogen and oxygen atoms in total. The van der Waals surface area contributed by atoms with Gasteiger partial charge < -0.3 is 9.47 Å². The van der Waals surface area contributed by atoms with Crippen molar-refractivity contribution in [3.05, 3.63) is 77.2 Å². The zero-order valence-corrected chi connectivity index (χ0v) is 18.4. The molecule has 0 saturated carbocycles. The van der Waals surface area contributed by atoms with Crippen LogP contribution < -0.4 is 4.74 Å². The smallest absolute Gasteiger partial charge is 0.266 e. The number of hydrogen-bond acceptors (Lipinski definition) is 5. The van der Waals surface area contributed by atoms with Crippen molar-refractivity contribution in [1.82, 2.24) is 4.90 Å². The standard InChI is InChI=1S/C25H24N2O3S/c1-3-30-16-15-27-24(28)23(31-25(27)26-19-10-5-4-6-11-19)17-21-20-12-8-7-9-18(20)13-14-22(21)29-2/h4-14,17H,3,15-16H2,1-2H3/b23-17-,26-25?. The fourth-order valence-electron chi connectivity index (χ4n) is 3.44. The average Bonchev–Trinajstić information content (AvgIpc) is 3.09. The molecule has 1 amide bonds. The summed E-state index contributed by atoms with van der Waals surface area (Å²) in [6.07, 6.45) is 1.91. The summed E-state index contributed by atoms with van der Waals surface area (Å²) in [5.74, 6) is 0.656. The maximum Gasteiger partial charge on any atom is 0.266 e. The van der Waals surface area contributed by atoms with Gasteiger partial charge in [0.25, 0.3) is 5.91 Å². The van der Waals surface area contributed by atoms with Crippen molar-refractivity contribution in [2.24, 2.45) is 4.99 Å². The van der Waals surface area contributed by atoms with Crippen molar-refractivity contribution in [3.8, 4) is 5.75 Å². The average molecular weight is 433 g/mol. The van der Waals surface area contributed by atoms with Gasteiger partial charge in [0, 0.05) is 12.2 Å². The molecule has 6 heteroatoms. The normalized spacial score (nSPS) is 16.6. The first kappa shape index (κ1) is 21.2. The molecule has 158 valence electrons. The highest BCUT2D eigenvalue weighted by Gasteiger charge is 2.33. The lowest BCUT2D eigenvalue weighted by Crippen LogP contribution is -2.32. The monoisotopic (exact) mass is 432 g/mol. The third-order valence-electron chi connectivity index (χ3n) is 4.96. The van der Waals surface area contributed by atoms with Crippen LogP contribution in [0.1, 0.15) is 12.5 Å². The van der Waals surface area contributed by atoms with E-state index in [-0.39, 0.29) is 5.91 Å². The van der Waals surface area contributed by atoms with Crippen LogP contribution in [0, 0.1) is 0 Å². The molecule has 0 spiro atoms. The summed E-state index contributed by atoms with van der Waals surface area (Å²) in [5, 5.41) is 2.79. The Morgan fingerprint density at radius 2 is 1.81 bits per heavy atom. The van der Waals surface area contributed by atoms with Crippen molar-refractivity contribution >= 4 is 45.4 Å². The van der Waals surface area contributed by atoms with Crippen molar-refractivity contribution in [1.29, 1.82) is 0 Å². The number of hydrogen-bond donors (Lipinski definition) is 0. The van der Waals surface area contributed by atoms with E-state index in [1.165, 1.54) is 11.8 Å². The molecule has 0 radical (unpaired) electrons. The number of methoxy groups -OCH3 is 1. The lowest BCUT2D eigenvalue weighted by Gasteiger charge is -2.15. The van der Waals surface area contributed by atoms with Crippen LogP contribution in [0.4, 0.5) is 5.69 Å². The van der Waals surface area contributed by atoms with Gasteiger partial charge in [0.1, 0.15) is 5.75 Å². The highest BCUT2D eigenvalue weighted by molar-refractivity contribution is 8.18. The summed E-state index contributed by atoms with van der Waals surface area (Å²) in [7, 11) is 1.65. The summed E-state index contributed by atoms with van der Waals surface area (Å²) >= 11 is 1.38. The maximum absolute atomic E-state index is 13.3. The number of carbonyl (C=O) groups is 1. The molecular formula is C25H24N2O3S. The van der Waals surface area contributed by atoms with Crippen LogP contribution >= 0.6 is 11.8 Å². The van der Waals surface area contributed by atoms with E-state index in [2.05, 4.69) is 6.07 Å². The van der Waals surface area contributed by atoms with Crippen molar-refractivity contribution in [2.75, 3.05) is 26.9 Å². The Morgan fingerprint density at radius 1 is 1.03 bits per heavy atom. The number of benzene rings is 3. The van der Waals surface area contributed by atoms with Gasteiger partial charge in [-0.05, 0) is 53.7 Å². The van der Waals surface area contributed by atoms with Crippen LogP contribution in [-0.2, 0) is 9.53 Å². The number of rotatable bonds is 7. The second kappa shape index (κ2) is 9.81. The molecule has 1 fully saturated rings. The van der Waals surface area contributed by atoms with Crippen molar-refractivity contribution in [2.45, 2.75) is 6.92 Å². The molecule has 0 atom stereocenters. The van der Waals surface area contributed by atoms with E-state index >= 15 is 0 Å². The van der Waals surface area contributed by atoms with Gasteiger partial charge in [0.2, 0.25) is 0 Å². The van der Waals surface area contributed by atoms with Gasteiger partial charge in [-0.25, -0.2) is 4.99 Å². The van der Waals surface area contributed by atoms with Crippen LogP contribution in [-0.4, -0.2) is 42.8 Å². The van der Waals surface area contributed by atoms with Crippen molar-refractivity contribution in [3.63, 3.8) is 0 Å². The lowest BCUT2D eigenvalue weighted by molar-refractivity contribution is -0.122. The molecule has 0 unspecified atom stereocenters. The Labute approximate surface area is 186 Å².